The average molecular weight is 319 g/mol. The first kappa shape index (κ1) is 18.3. The number of hydrogen-bond donors (Lipinski definition) is 1. The van der Waals surface area contributed by atoms with Crippen LogP contribution in [0.2, 0.25) is 0 Å². The van der Waals surface area contributed by atoms with Gasteiger partial charge in [0.25, 0.3) is 0 Å². The Labute approximate surface area is 132 Å². The van der Waals surface area contributed by atoms with E-state index in [9.17, 15) is 8.78 Å². The zero-order valence-electron chi connectivity index (χ0n) is 12.8. The summed E-state index contributed by atoms with van der Waals surface area (Å²) in [5.41, 5.74) is 0.790. The number of nitrogens with one attached hydrogen (secondary N) is 1. The van der Waals surface area contributed by atoms with Crippen molar-refractivity contribution in [3.63, 3.8) is 0 Å². The quantitative estimate of drug-likeness (QED) is 0.887. The molecule has 0 aliphatic carbocycles. The van der Waals surface area contributed by atoms with Crippen LogP contribution in [0.25, 0.3) is 0 Å². The fourth-order valence-corrected chi connectivity index (χ4v) is 2.88. The zero-order chi connectivity index (χ0) is 14.5. The van der Waals surface area contributed by atoms with Crippen LogP contribution < -0.4 is 5.32 Å². The maximum Gasteiger partial charge on any atom is 0.133 e. The highest BCUT2D eigenvalue weighted by Gasteiger charge is 2.27. The van der Waals surface area contributed by atoms with Gasteiger partial charge in [-0.1, -0.05) is 25.8 Å². The molecule has 0 radical (unpaired) electrons. The minimum Gasteiger partial charge on any atom is -0.314 e. The zero-order valence-corrected chi connectivity index (χ0v) is 13.6. The van der Waals surface area contributed by atoms with Crippen LogP contribution >= 0.6 is 12.4 Å². The molecule has 1 N–H and O–H groups in total. The highest BCUT2D eigenvalue weighted by molar-refractivity contribution is 5.85. The lowest BCUT2D eigenvalue weighted by molar-refractivity contribution is 0.156. The van der Waals surface area contributed by atoms with Gasteiger partial charge >= 0.3 is 0 Å². The van der Waals surface area contributed by atoms with Gasteiger partial charge in [0.05, 0.1) is 0 Å². The Morgan fingerprint density at radius 2 is 1.90 bits per heavy atom. The van der Waals surface area contributed by atoms with Gasteiger partial charge in [-0.3, -0.25) is 4.90 Å². The predicted molar refractivity (Wildman–Crippen MR) is 85.1 cm³/mol. The number of piperazine rings is 1. The van der Waals surface area contributed by atoms with Crippen LogP contribution in [0.1, 0.15) is 43.4 Å². The van der Waals surface area contributed by atoms with Crippen molar-refractivity contribution in [2.24, 2.45) is 0 Å². The fraction of sp³-hybridized carbons (Fsp3) is 0.625. The first-order valence-electron chi connectivity index (χ1n) is 7.54. The van der Waals surface area contributed by atoms with E-state index in [0.717, 1.165) is 45.4 Å². The number of aryl methyl sites for hydroxylation is 1. The van der Waals surface area contributed by atoms with Gasteiger partial charge in [0.1, 0.15) is 11.6 Å². The van der Waals surface area contributed by atoms with E-state index in [1.165, 1.54) is 12.1 Å². The summed E-state index contributed by atoms with van der Waals surface area (Å²) in [6.07, 6.45) is 2.84. The van der Waals surface area contributed by atoms with Crippen molar-refractivity contribution in [2.75, 3.05) is 26.2 Å². The van der Waals surface area contributed by atoms with Gasteiger partial charge in [-0.2, -0.15) is 0 Å². The molecule has 1 aliphatic rings. The molecule has 2 rings (SSSR count). The van der Waals surface area contributed by atoms with E-state index in [4.69, 9.17) is 0 Å². The van der Waals surface area contributed by atoms with Crippen LogP contribution in [-0.2, 0) is 0 Å². The molecule has 0 spiro atoms. The first-order chi connectivity index (χ1) is 9.65. The molecule has 1 fully saturated rings. The van der Waals surface area contributed by atoms with E-state index in [1.807, 2.05) is 0 Å². The van der Waals surface area contributed by atoms with Crippen LogP contribution in [0.15, 0.2) is 12.1 Å². The maximum absolute atomic E-state index is 14.4. The van der Waals surface area contributed by atoms with E-state index in [-0.39, 0.29) is 29.8 Å². The number of rotatable bonds is 5. The van der Waals surface area contributed by atoms with Crippen LogP contribution in [-0.4, -0.2) is 31.1 Å². The standard InChI is InChI=1S/C16H24F2N2.ClH/c1-3-4-5-14(20-10-8-19-9-11-20)15-13(17)7-6-12(2)16(15)18;/h6-7,14,19H,3-5,8-11H2,1-2H3;1H/t14-;/m1./s1. The Morgan fingerprint density at radius 3 is 2.52 bits per heavy atom. The summed E-state index contributed by atoms with van der Waals surface area (Å²) < 4.78 is 28.6. The summed E-state index contributed by atoms with van der Waals surface area (Å²) in [5.74, 6) is -0.780. The Morgan fingerprint density at radius 1 is 1.24 bits per heavy atom. The normalized spacial score (nSPS) is 17.3. The number of nitrogens with zero attached hydrogens (tertiary/aromatic N) is 1. The minimum atomic E-state index is -0.410. The summed E-state index contributed by atoms with van der Waals surface area (Å²) in [6.45, 7) is 7.28. The Bertz CT molecular complexity index is 448. The highest BCUT2D eigenvalue weighted by atomic mass is 35.5. The highest BCUT2D eigenvalue weighted by Crippen LogP contribution is 2.32. The van der Waals surface area contributed by atoms with E-state index in [0.29, 0.717) is 5.56 Å². The number of unbranched alkanes of at least 4 members (excludes halogenated alkanes) is 1. The number of hydrogen-bond acceptors (Lipinski definition) is 2. The summed E-state index contributed by atoms with van der Waals surface area (Å²) in [4.78, 5) is 2.22. The minimum absolute atomic E-state index is 0. The van der Waals surface area contributed by atoms with E-state index in [2.05, 4.69) is 17.1 Å². The third kappa shape index (κ3) is 4.38. The second-order valence-electron chi connectivity index (χ2n) is 5.54. The van der Waals surface area contributed by atoms with Crippen molar-refractivity contribution in [1.82, 2.24) is 10.2 Å². The molecule has 0 saturated carbocycles. The van der Waals surface area contributed by atoms with Crippen LogP contribution in [0, 0.1) is 18.6 Å². The Balaban J connectivity index is 0.00000220. The molecule has 0 bridgehead atoms. The molecule has 0 amide bonds. The molecule has 1 aromatic carbocycles. The van der Waals surface area contributed by atoms with Crippen molar-refractivity contribution >= 4 is 12.4 Å². The van der Waals surface area contributed by atoms with Crippen LogP contribution in [0.5, 0.6) is 0 Å². The van der Waals surface area contributed by atoms with Crippen LogP contribution in [0.3, 0.4) is 0 Å². The van der Waals surface area contributed by atoms with E-state index in [1.54, 1.807) is 6.92 Å². The van der Waals surface area contributed by atoms with E-state index >= 15 is 0 Å². The van der Waals surface area contributed by atoms with Crippen molar-refractivity contribution in [1.29, 1.82) is 0 Å². The molecule has 1 aromatic rings. The second kappa shape index (κ2) is 8.66. The molecular formula is C16H25ClF2N2. The third-order valence-electron chi connectivity index (χ3n) is 4.08. The molecule has 1 aliphatic heterocycles. The monoisotopic (exact) mass is 318 g/mol. The van der Waals surface area contributed by atoms with Crippen molar-refractivity contribution in [2.45, 2.75) is 39.2 Å². The molecule has 1 heterocycles. The lowest BCUT2D eigenvalue weighted by Gasteiger charge is -2.35. The van der Waals surface area contributed by atoms with Gasteiger partial charge in [0, 0.05) is 37.8 Å². The maximum atomic E-state index is 14.4. The smallest absolute Gasteiger partial charge is 0.133 e. The van der Waals surface area contributed by atoms with Crippen molar-refractivity contribution < 1.29 is 8.78 Å². The topological polar surface area (TPSA) is 15.3 Å². The second-order valence-corrected chi connectivity index (χ2v) is 5.54. The summed E-state index contributed by atoms with van der Waals surface area (Å²) in [6, 6.07) is 2.77. The van der Waals surface area contributed by atoms with Gasteiger partial charge in [-0.25, -0.2) is 8.78 Å². The van der Waals surface area contributed by atoms with Gasteiger partial charge in [0.15, 0.2) is 0 Å². The largest absolute Gasteiger partial charge is 0.314 e. The predicted octanol–water partition coefficient (Wildman–Crippen LogP) is 3.83. The lowest BCUT2D eigenvalue weighted by atomic mass is 9.96. The number of halogens is 3. The molecule has 1 atom stereocenters. The Kier molecular flexibility index (Phi) is 7.57. The van der Waals surface area contributed by atoms with Crippen LogP contribution in [0.4, 0.5) is 8.78 Å². The molecule has 0 aromatic heterocycles. The average Bonchev–Trinajstić information content (AvgIpc) is 2.47. The molecule has 0 unspecified atom stereocenters. The summed E-state index contributed by atoms with van der Waals surface area (Å²) >= 11 is 0. The molecule has 21 heavy (non-hydrogen) atoms. The van der Waals surface area contributed by atoms with Crippen molar-refractivity contribution in [3.8, 4) is 0 Å². The first-order valence-corrected chi connectivity index (χ1v) is 7.54. The molecular weight excluding hydrogens is 294 g/mol. The summed E-state index contributed by atoms with van der Waals surface area (Å²) in [7, 11) is 0. The lowest BCUT2D eigenvalue weighted by Crippen LogP contribution is -2.45. The van der Waals surface area contributed by atoms with Crippen molar-refractivity contribution in [3.05, 3.63) is 34.9 Å². The fourth-order valence-electron chi connectivity index (χ4n) is 2.88. The molecule has 120 valence electrons. The third-order valence-corrected chi connectivity index (χ3v) is 4.08. The van der Waals surface area contributed by atoms with Gasteiger partial charge < -0.3 is 5.32 Å². The molecule has 2 nitrogen and oxygen atoms in total. The van der Waals surface area contributed by atoms with Gasteiger partial charge in [0.2, 0.25) is 0 Å². The Hall–Kier alpha value is -0.710. The van der Waals surface area contributed by atoms with Gasteiger partial charge in [-0.15, -0.1) is 12.4 Å². The summed E-state index contributed by atoms with van der Waals surface area (Å²) in [5, 5.41) is 3.29. The van der Waals surface area contributed by atoms with E-state index < -0.39 is 5.82 Å². The molecule has 5 heteroatoms. The number of benzene rings is 1. The SMILES string of the molecule is CCCC[C@H](c1c(F)ccc(C)c1F)N1CCNCC1.Cl. The van der Waals surface area contributed by atoms with Gasteiger partial charge in [-0.05, 0) is 25.0 Å². The molecule has 1 saturated heterocycles.